The van der Waals surface area contributed by atoms with E-state index < -0.39 is 5.97 Å². The van der Waals surface area contributed by atoms with Gasteiger partial charge in [-0.05, 0) is 12.1 Å². The molecule has 1 aromatic carbocycles. The number of hydrogen-bond acceptors (Lipinski definition) is 8. The smallest absolute Gasteiger partial charge is 0.338 e. The highest BCUT2D eigenvalue weighted by Gasteiger charge is 2.22. The van der Waals surface area contributed by atoms with Gasteiger partial charge >= 0.3 is 5.97 Å². The highest BCUT2D eigenvalue weighted by atomic mass is 16.6. The van der Waals surface area contributed by atoms with Gasteiger partial charge in [-0.25, -0.2) is 4.79 Å². The largest absolute Gasteiger partial charge is 0.493 e. The maximum absolute atomic E-state index is 12.2. The number of nitrogens with zero attached hydrogens (tertiary/aromatic N) is 2. The van der Waals surface area contributed by atoms with Crippen LogP contribution in [0, 0.1) is 0 Å². The first kappa shape index (κ1) is 15.1. The minimum Gasteiger partial charge on any atom is -0.493 e. The molecule has 1 aliphatic heterocycles. The fraction of sp³-hybridized carbons (Fsp3) is 0.400. The van der Waals surface area contributed by atoms with Crippen molar-refractivity contribution in [2.45, 2.75) is 20.0 Å². The second-order valence-electron chi connectivity index (χ2n) is 4.72. The van der Waals surface area contributed by atoms with Gasteiger partial charge in [-0.2, -0.15) is 0 Å². The lowest BCUT2D eigenvalue weighted by molar-refractivity contribution is 0.0435. The topological polar surface area (TPSA) is 92.9 Å². The van der Waals surface area contributed by atoms with E-state index in [1.807, 2.05) is 6.92 Å². The molecule has 0 amide bonds. The van der Waals surface area contributed by atoms with Gasteiger partial charge in [0, 0.05) is 6.42 Å². The number of rotatable bonds is 5. The van der Waals surface area contributed by atoms with E-state index in [1.54, 1.807) is 12.1 Å². The summed E-state index contributed by atoms with van der Waals surface area (Å²) in [6, 6.07) is 3.10. The van der Waals surface area contributed by atoms with Crippen LogP contribution in [0.3, 0.4) is 0 Å². The summed E-state index contributed by atoms with van der Waals surface area (Å²) in [4.78, 5) is 12.2. The summed E-state index contributed by atoms with van der Waals surface area (Å²) in [6.45, 7) is 2.65. The Balaban J connectivity index is 1.74. The van der Waals surface area contributed by atoms with E-state index in [9.17, 15) is 4.79 Å². The van der Waals surface area contributed by atoms with Gasteiger partial charge in [0.1, 0.15) is 13.2 Å². The minimum absolute atomic E-state index is 0.0947. The van der Waals surface area contributed by atoms with Crippen molar-refractivity contribution in [1.82, 2.24) is 10.2 Å². The van der Waals surface area contributed by atoms with Gasteiger partial charge in [0.25, 0.3) is 5.89 Å². The average Bonchev–Trinajstić information content (AvgIpc) is 3.06. The number of hydrogen-bond donors (Lipinski definition) is 0. The van der Waals surface area contributed by atoms with Crippen LogP contribution in [0.25, 0.3) is 0 Å². The zero-order valence-corrected chi connectivity index (χ0v) is 12.8. The normalized spacial score (nSPS) is 12.8. The molecule has 2 heterocycles. The van der Waals surface area contributed by atoms with Crippen molar-refractivity contribution in [3.05, 3.63) is 29.5 Å². The molecule has 0 saturated carbocycles. The summed E-state index contributed by atoms with van der Waals surface area (Å²) >= 11 is 0. The summed E-state index contributed by atoms with van der Waals surface area (Å²) in [5, 5.41) is 7.60. The number of aromatic nitrogens is 2. The van der Waals surface area contributed by atoms with Crippen LogP contribution < -0.4 is 14.2 Å². The van der Waals surface area contributed by atoms with Crippen LogP contribution in [0.5, 0.6) is 17.2 Å². The Morgan fingerprint density at radius 2 is 2.00 bits per heavy atom. The van der Waals surface area contributed by atoms with Crippen molar-refractivity contribution in [1.29, 1.82) is 0 Å². The quantitative estimate of drug-likeness (QED) is 0.770. The zero-order chi connectivity index (χ0) is 16.2. The number of carbonyl (C=O) groups is 1. The Labute approximate surface area is 132 Å². The molecule has 0 atom stereocenters. The molecular weight excluding hydrogens is 304 g/mol. The predicted octanol–water partition coefficient (Wildman–Crippen LogP) is 1.77. The fourth-order valence-electron chi connectivity index (χ4n) is 2.09. The Kier molecular flexibility index (Phi) is 4.31. The number of ether oxygens (including phenoxy) is 4. The molecule has 8 nitrogen and oxygen atoms in total. The van der Waals surface area contributed by atoms with E-state index in [2.05, 4.69) is 10.2 Å². The first-order valence-corrected chi connectivity index (χ1v) is 7.17. The molecule has 8 heteroatoms. The molecule has 0 fully saturated rings. The third-order valence-electron chi connectivity index (χ3n) is 3.20. The van der Waals surface area contributed by atoms with Crippen molar-refractivity contribution in [2.24, 2.45) is 0 Å². The Bertz CT molecular complexity index is 695. The third kappa shape index (κ3) is 3.20. The van der Waals surface area contributed by atoms with Crippen molar-refractivity contribution >= 4 is 5.97 Å². The number of fused-ring (bicyclic) bond motifs is 1. The van der Waals surface area contributed by atoms with Gasteiger partial charge in [-0.15, -0.1) is 10.2 Å². The Morgan fingerprint density at radius 1 is 1.22 bits per heavy atom. The van der Waals surface area contributed by atoms with E-state index in [4.69, 9.17) is 23.4 Å². The van der Waals surface area contributed by atoms with Crippen molar-refractivity contribution in [3.8, 4) is 17.2 Å². The fourth-order valence-corrected chi connectivity index (χ4v) is 2.09. The predicted molar refractivity (Wildman–Crippen MR) is 76.8 cm³/mol. The molecule has 3 rings (SSSR count). The lowest BCUT2D eigenvalue weighted by Gasteiger charge is -2.21. The van der Waals surface area contributed by atoms with Crippen LogP contribution in [0.15, 0.2) is 16.5 Å². The molecule has 0 N–H and O–H groups in total. The lowest BCUT2D eigenvalue weighted by Crippen LogP contribution is -2.17. The summed E-state index contributed by atoms with van der Waals surface area (Å²) in [5.41, 5.74) is 0.293. The highest BCUT2D eigenvalue weighted by Crippen LogP contribution is 2.40. The van der Waals surface area contributed by atoms with Crippen LogP contribution in [0.1, 0.15) is 29.1 Å². The van der Waals surface area contributed by atoms with Gasteiger partial charge in [-0.1, -0.05) is 6.92 Å². The number of carbonyl (C=O) groups excluding carboxylic acids is 1. The molecule has 0 bridgehead atoms. The molecule has 2 aromatic rings. The zero-order valence-electron chi connectivity index (χ0n) is 12.8. The number of benzene rings is 1. The highest BCUT2D eigenvalue weighted by molar-refractivity contribution is 5.91. The van der Waals surface area contributed by atoms with Crippen LogP contribution in [-0.2, 0) is 17.8 Å². The van der Waals surface area contributed by atoms with E-state index in [-0.39, 0.29) is 12.5 Å². The Hall–Kier alpha value is -2.77. The summed E-state index contributed by atoms with van der Waals surface area (Å²) in [6.07, 6.45) is 0.625. The molecule has 0 unspecified atom stereocenters. The average molecular weight is 320 g/mol. The van der Waals surface area contributed by atoms with E-state index in [0.29, 0.717) is 48.3 Å². The summed E-state index contributed by atoms with van der Waals surface area (Å²) in [7, 11) is 1.49. The summed E-state index contributed by atoms with van der Waals surface area (Å²) < 4.78 is 26.7. The maximum Gasteiger partial charge on any atom is 0.338 e. The van der Waals surface area contributed by atoms with Gasteiger partial charge in [-0.3, -0.25) is 0 Å². The van der Waals surface area contributed by atoms with Gasteiger partial charge in [0.15, 0.2) is 18.1 Å². The second kappa shape index (κ2) is 6.55. The Morgan fingerprint density at radius 3 is 2.74 bits per heavy atom. The first-order valence-electron chi connectivity index (χ1n) is 7.17. The maximum atomic E-state index is 12.2. The SMILES string of the molecule is CCc1nnc(COC(=O)c2cc(OC)c3c(c2)OCCO3)o1. The molecular formula is C15H16N2O6. The molecule has 0 radical (unpaired) electrons. The van der Waals surface area contributed by atoms with E-state index in [0.717, 1.165) is 0 Å². The van der Waals surface area contributed by atoms with Crippen LogP contribution in [0.4, 0.5) is 0 Å². The molecule has 0 aliphatic carbocycles. The van der Waals surface area contributed by atoms with Crippen molar-refractivity contribution in [3.63, 3.8) is 0 Å². The van der Waals surface area contributed by atoms with Crippen molar-refractivity contribution < 1.29 is 28.2 Å². The molecule has 23 heavy (non-hydrogen) atoms. The number of esters is 1. The molecule has 1 aromatic heterocycles. The van der Waals surface area contributed by atoms with Crippen LogP contribution in [0.2, 0.25) is 0 Å². The molecule has 1 aliphatic rings. The van der Waals surface area contributed by atoms with E-state index in [1.165, 1.54) is 7.11 Å². The lowest BCUT2D eigenvalue weighted by atomic mass is 10.1. The number of aryl methyl sites for hydroxylation is 1. The van der Waals surface area contributed by atoms with Gasteiger partial charge in [0.05, 0.1) is 12.7 Å². The van der Waals surface area contributed by atoms with E-state index >= 15 is 0 Å². The second-order valence-corrected chi connectivity index (χ2v) is 4.72. The standard InChI is InChI=1S/C15H16N2O6/c1-3-12-16-17-13(23-12)8-22-15(18)9-6-10(19-2)14-11(7-9)20-4-5-21-14/h6-7H,3-5,8H2,1-2H3. The molecule has 0 saturated heterocycles. The van der Waals surface area contributed by atoms with Gasteiger partial charge < -0.3 is 23.4 Å². The van der Waals surface area contributed by atoms with Crippen LogP contribution >= 0.6 is 0 Å². The number of methoxy groups -OCH3 is 1. The molecule has 0 spiro atoms. The first-order chi connectivity index (χ1) is 11.2. The van der Waals surface area contributed by atoms with Crippen LogP contribution in [-0.4, -0.2) is 36.5 Å². The van der Waals surface area contributed by atoms with Crippen molar-refractivity contribution in [2.75, 3.05) is 20.3 Å². The third-order valence-corrected chi connectivity index (χ3v) is 3.20. The monoisotopic (exact) mass is 320 g/mol. The molecule has 122 valence electrons. The summed E-state index contributed by atoms with van der Waals surface area (Å²) in [5.74, 6) is 1.56. The minimum atomic E-state index is -0.545. The van der Waals surface area contributed by atoms with Gasteiger partial charge in [0.2, 0.25) is 11.6 Å².